The molecule has 0 aromatic rings. The SMILES string of the molecule is CNC(CC1CCCC1)C(C)(C)C. The lowest BCUT2D eigenvalue weighted by molar-refractivity contribution is 0.236. The van der Waals surface area contributed by atoms with Crippen LogP contribution in [0.3, 0.4) is 0 Å². The van der Waals surface area contributed by atoms with E-state index in [1.165, 1.54) is 32.1 Å². The molecule has 0 aromatic heterocycles. The van der Waals surface area contributed by atoms with E-state index < -0.39 is 0 Å². The van der Waals surface area contributed by atoms with Gasteiger partial charge >= 0.3 is 0 Å². The van der Waals surface area contributed by atoms with Gasteiger partial charge in [-0.25, -0.2) is 0 Å². The van der Waals surface area contributed by atoms with E-state index in [9.17, 15) is 0 Å². The lowest BCUT2D eigenvalue weighted by Crippen LogP contribution is -2.39. The predicted octanol–water partition coefficient (Wildman–Crippen LogP) is 3.20. The molecule has 1 aliphatic carbocycles. The van der Waals surface area contributed by atoms with Gasteiger partial charge in [-0.2, -0.15) is 0 Å². The second-order valence-corrected chi connectivity index (χ2v) is 5.59. The number of rotatable bonds is 3. The van der Waals surface area contributed by atoms with Crippen LogP contribution < -0.4 is 5.32 Å². The molecule has 1 atom stereocenters. The van der Waals surface area contributed by atoms with Gasteiger partial charge in [-0.15, -0.1) is 0 Å². The second kappa shape index (κ2) is 4.45. The Bertz CT molecular complexity index is 140. The zero-order valence-electron chi connectivity index (χ0n) is 9.69. The van der Waals surface area contributed by atoms with Crippen LogP contribution in [-0.2, 0) is 0 Å². The molecule has 0 aliphatic heterocycles. The van der Waals surface area contributed by atoms with Crippen LogP contribution in [0.2, 0.25) is 0 Å². The second-order valence-electron chi connectivity index (χ2n) is 5.59. The summed E-state index contributed by atoms with van der Waals surface area (Å²) in [5.41, 5.74) is 0.414. The van der Waals surface area contributed by atoms with Crippen molar-refractivity contribution < 1.29 is 0 Å². The van der Waals surface area contributed by atoms with E-state index >= 15 is 0 Å². The van der Waals surface area contributed by atoms with Gasteiger partial charge in [0.1, 0.15) is 0 Å². The van der Waals surface area contributed by atoms with Crippen molar-refractivity contribution in [2.75, 3.05) is 7.05 Å². The van der Waals surface area contributed by atoms with Gasteiger partial charge < -0.3 is 5.32 Å². The van der Waals surface area contributed by atoms with Crippen LogP contribution in [0.25, 0.3) is 0 Å². The molecule has 1 nitrogen and oxygen atoms in total. The lowest BCUT2D eigenvalue weighted by atomic mass is 9.81. The van der Waals surface area contributed by atoms with Gasteiger partial charge in [-0.1, -0.05) is 46.5 Å². The maximum Gasteiger partial charge on any atom is 0.0115 e. The summed E-state index contributed by atoms with van der Waals surface area (Å²) in [5.74, 6) is 0.997. The van der Waals surface area contributed by atoms with Crippen molar-refractivity contribution in [1.29, 1.82) is 0 Å². The van der Waals surface area contributed by atoms with Crippen molar-refractivity contribution in [2.45, 2.75) is 58.9 Å². The van der Waals surface area contributed by atoms with E-state index in [0.29, 0.717) is 11.5 Å². The van der Waals surface area contributed by atoms with Crippen LogP contribution in [0.5, 0.6) is 0 Å². The third kappa shape index (κ3) is 3.30. The zero-order valence-corrected chi connectivity index (χ0v) is 9.69. The van der Waals surface area contributed by atoms with E-state index in [4.69, 9.17) is 0 Å². The molecule has 1 fully saturated rings. The van der Waals surface area contributed by atoms with Gasteiger partial charge in [0.2, 0.25) is 0 Å². The predicted molar refractivity (Wildman–Crippen MR) is 58.9 cm³/mol. The van der Waals surface area contributed by atoms with Crippen LogP contribution in [0.4, 0.5) is 0 Å². The minimum absolute atomic E-state index is 0.414. The molecule has 0 aromatic carbocycles. The minimum atomic E-state index is 0.414. The van der Waals surface area contributed by atoms with E-state index in [0.717, 1.165) is 5.92 Å². The Kier molecular flexibility index (Phi) is 3.78. The number of hydrogen-bond donors (Lipinski definition) is 1. The average molecular weight is 183 g/mol. The molecule has 0 bridgehead atoms. The molecule has 0 heterocycles. The molecule has 0 amide bonds. The quantitative estimate of drug-likeness (QED) is 0.708. The van der Waals surface area contributed by atoms with E-state index in [2.05, 4.69) is 33.1 Å². The van der Waals surface area contributed by atoms with E-state index in [1.807, 2.05) is 0 Å². The smallest absolute Gasteiger partial charge is 0.0115 e. The number of nitrogens with one attached hydrogen (secondary N) is 1. The molecule has 1 unspecified atom stereocenters. The normalized spacial score (nSPS) is 22.2. The van der Waals surface area contributed by atoms with Crippen molar-refractivity contribution in [3.63, 3.8) is 0 Å². The third-order valence-corrected chi connectivity index (χ3v) is 3.44. The van der Waals surface area contributed by atoms with Gasteiger partial charge in [0.05, 0.1) is 0 Å². The highest BCUT2D eigenvalue weighted by Crippen LogP contribution is 2.33. The Labute approximate surface area is 83.3 Å². The monoisotopic (exact) mass is 183 g/mol. The molecule has 0 spiro atoms. The summed E-state index contributed by atoms with van der Waals surface area (Å²) >= 11 is 0. The fourth-order valence-electron chi connectivity index (χ4n) is 2.48. The molecule has 1 saturated carbocycles. The maximum absolute atomic E-state index is 3.47. The minimum Gasteiger partial charge on any atom is -0.316 e. The Morgan fingerprint density at radius 3 is 2.15 bits per heavy atom. The summed E-state index contributed by atoms with van der Waals surface area (Å²) < 4.78 is 0. The Hall–Kier alpha value is -0.0400. The molecule has 78 valence electrons. The molecule has 1 rings (SSSR count). The first kappa shape index (κ1) is 11.0. The topological polar surface area (TPSA) is 12.0 Å². The van der Waals surface area contributed by atoms with Crippen LogP contribution in [0.1, 0.15) is 52.9 Å². The van der Waals surface area contributed by atoms with Gasteiger partial charge in [-0.3, -0.25) is 0 Å². The van der Waals surface area contributed by atoms with Gasteiger partial charge in [0, 0.05) is 6.04 Å². The Morgan fingerprint density at radius 1 is 1.23 bits per heavy atom. The van der Waals surface area contributed by atoms with E-state index in [-0.39, 0.29) is 0 Å². The molecule has 1 heteroatoms. The molecule has 1 aliphatic rings. The van der Waals surface area contributed by atoms with Gasteiger partial charge in [0.25, 0.3) is 0 Å². The van der Waals surface area contributed by atoms with Crippen molar-refractivity contribution in [3.8, 4) is 0 Å². The van der Waals surface area contributed by atoms with Crippen molar-refractivity contribution >= 4 is 0 Å². The van der Waals surface area contributed by atoms with Gasteiger partial charge in [-0.05, 0) is 24.8 Å². The van der Waals surface area contributed by atoms with Crippen molar-refractivity contribution in [1.82, 2.24) is 5.32 Å². The van der Waals surface area contributed by atoms with Crippen LogP contribution in [0, 0.1) is 11.3 Å². The summed E-state index contributed by atoms with van der Waals surface area (Å²) in [7, 11) is 2.10. The average Bonchev–Trinajstić information content (AvgIpc) is 2.49. The van der Waals surface area contributed by atoms with Crippen LogP contribution >= 0.6 is 0 Å². The summed E-state index contributed by atoms with van der Waals surface area (Å²) in [6.45, 7) is 7.01. The molecular weight excluding hydrogens is 158 g/mol. The third-order valence-electron chi connectivity index (χ3n) is 3.44. The summed E-state index contributed by atoms with van der Waals surface area (Å²) in [4.78, 5) is 0. The Morgan fingerprint density at radius 2 is 1.77 bits per heavy atom. The maximum atomic E-state index is 3.47. The molecule has 1 N–H and O–H groups in total. The zero-order chi connectivity index (χ0) is 9.90. The first-order chi connectivity index (χ1) is 6.04. The lowest BCUT2D eigenvalue weighted by Gasteiger charge is -2.32. The fraction of sp³-hybridized carbons (Fsp3) is 1.00. The largest absolute Gasteiger partial charge is 0.316 e. The highest BCUT2D eigenvalue weighted by Gasteiger charge is 2.27. The van der Waals surface area contributed by atoms with Gasteiger partial charge in [0.15, 0.2) is 0 Å². The molecule has 0 radical (unpaired) electrons. The summed E-state index contributed by atoms with van der Waals surface area (Å²) in [6, 6.07) is 0.690. The first-order valence-corrected chi connectivity index (χ1v) is 5.71. The molecular formula is C12H25N. The summed E-state index contributed by atoms with van der Waals surface area (Å²) in [6.07, 6.45) is 7.24. The first-order valence-electron chi connectivity index (χ1n) is 5.71. The fourth-order valence-corrected chi connectivity index (χ4v) is 2.48. The van der Waals surface area contributed by atoms with Crippen molar-refractivity contribution in [2.24, 2.45) is 11.3 Å². The molecule has 0 saturated heterocycles. The van der Waals surface area contributed by atoms with Crippen LogP contribution in [0.15, 0.2) is 0 Å². The standard InChI is InChI=1S/C12H25N/c1-12(2,3)11(13-4)9-10-7-5-6-8-10/h10-11,13H,5-9H2,1-4H3. The highest BCUT2D eigenvalue weighted by atomic mass is 14.9. The highest BCUT2D eigenvalue weighted by molar-refractivity contribution is 4.83. The Balaban J connectivity index is 2.39. The van der Waals surface area contributed by atoms with E-state index in [1.54, 1.807) is 0 Å². The van der Waals surface area contributed by atoms with Crippen molar-refractivity contribution in [3.05, 3.63) is 0 Å². The van der Waals surface area contributed by atoms with Crippen LogP contribution in [-0.4, -0.2) is 13.1 Å². The number of hydrogen-bond acceptors (Lipinski definition) is 1. The molecule has 13 heavy (non-hydrogen) atoms. The summed E-state index contributed by atoms with van der Waals surface area (Å²) in [5, 5.41) is 3.47.